The Morgan fingerprint density at radius 3 is 2.38 bits per heavy atom. The van der Waals surface area contributed by atoms with Gasteiger partial charge < -0.3 is 10.1 Å². The van der Waals surface area contributed by atoms with E-state index in [-0.39, 0.29) is 4.90 Å². The van der Waals surface area contributed by atoms with E-state index in [2.05, 4.69) is 28.5 Å². The van der Waals surface area contributed by atoms with E-state index in [9.17, 15) is 8.42 Å². The number of hydrogen-bond acceptors (Lipinski definition) is 7. The fourth-order valence-corrected chi connectivity index (χ4v) is 6.16. The third kappa shape index (κ3) is 5.24. The Morgan fingerprint density at radius 1 is 0.821 bits per heavy atom. The molecule has 196 valence electrons. The highest BCUT2D eigenvalue weighted by atomic mass is 32.2. The van der Waals surface area contributed by atoms with E-state index in [1.54, 1.807) is 24.4 Å². The van der Waals surface area contributed by atoms with E-state index < -0.39 is 10.0 Å². The van der Waals surface area contributed by atoms with E-state index in [0.717, 1.165) is 27.7 Å². The number of rotatable bonds is 7. The molecule has 0 saturated carbocycles. The Labute approximate surface area is 227 Å². The van der Waals surface area contributed by atoms with E-state index in [1.807, 2.05) is 54.6 Å². The number of nitrogens with one attached hydrogen (secondary N) is 1. The van der Waals surface area contributed by atoms with Gasteiger partial charge in [-0.1, -0.05) is 60.7 Å². The summed E-state index contributed by atoms with van der Waals surface area (Å²) in [6.45, 7) is 1.93. The van der Waals surface area contributed by atoms with Crippen molar-refractivity contribution in [3.8, 4) is 22.5 Å². The zero-order chi connectivity index (χ0) is 26.7. The number of hydrogen-bond donors (Lipinski definition) is 1. The van der Waals surface area contributed by atoms with Gasteiger partial charge in [-0.25, -0.2) is 18.4 Å². The molecule has 0 aliphatic carbocycles. The first kappa shape index (κ1) is 25.1. The average Bonchev–Trinajstić information content (AvgIpc) is 3.01. The second kappa shape index (κ2) is 10.9. The maximum Gasteiger partial charge on any atom is 0.243 e. The van der Waals surface area contributed by atoms with E-state index in [1.165, 1.54) is 4.31 Å². The van der Waals surface area contributed by atoms with Crippen LogP contribution in [0.15, 0.2) is 102 Å². The number of benzene rings is 3. The third-order valence-electron chi connectivity index (χ3n) is 6.67. The predicted octanol–water partition coefficient (Wildman–Crippen LogP) is 4.99. The van der Waals surface area contributed by atoms with Crippen molar-refractivity contribution < 1.29 is 13.2 Å². The lowest BCUT2D eigenvalue weighted by Gasteiger charge is -2.26. The number of aromatic nitrogens is 3. The summed E-state index contributed by atoms with van der Waals surface area (Å²) in [5, 5.41) is 4.36. The molecule has 0 unspecified atom stereocenters. The van der Waals surface area contributed by atoms with E-state index in [0.29, 0.717) is 50.1 Å². The first-order valence-electron chi connectivity index (χ1n) is 12.8. The second-order valence-electron chi connectivity index (χ2n) is 9.18. The third-order valence-corrected chi connectivity index (χ3v) is 8.57. The zero-order valence-corrected chi connectivity index (χ0v) is 22.0. The standard InChI is InChI=1S/C30H27N5O3S/c36-39(37,35-16-18-38-19-17-35)25-12-6-10-23(20-25)29-33-27-14-7-13-26(22-8-2-1-3-9-22)28(27)30(34-29)32-21-24-11-4-5-15-31-24/h1-15,20H,16-19,21H2,(H,32,33,34). The molecule has 5 aromatic rings. The van der Waals surface area contributed by atoms with E-state index >= 15 is 0 Å². The minimum Gasteiger partial charge on any atom is -0.379 e. The highest BCUT2D eigenvalue weighted by Crippen LogP contribution is 2.34. The Balaban J connectivity index is 1.46. The number of pyridine rings is 1. The normalized spacial score (nSPS) is 14.4. The lowest BCUT2D eigenvalue weighted by atomic mass is 10.0. The van der Waals surface area contributed by atoms with Gasteiger partial charge in [0.2, 0.25) is 10.0 Å². The molecule has 2 aromatic heterocycles. The lowest BCUT2D eigenvalue weighted by molar-refractivity contribution is 0.0730. The first-order valence-corrected chi connectivity index (χ1v) is 14.2. The van der Waals surface area contributed by atoms with Crippen molar-refractivity contribution >= 4 is 26.7 Å². The molecule has 0 bridgehead atoms. The van der Waals surface area contributed by atoms with Crippen LogP contribution in [0.25, 0.3) is 33.4 Å². The molecular formula is C30H27N5O3S. The molecule has 0 radical (unpaired) electrons. The molecule has 0 amide bonds. The van der Waals surface area contributed by atoms with Crippen molar-refractivity contribution in [2.75, 3.05) is 31.6 Å². The maximum atomic E-state index is 13.3. The molecule has 1 aliphatic rings. The number of nitrogens with zero attached hydrogens (tertiary/aromatic N) is 4. The van der Waals surface area contributed by atoms with Crippen molar-refractivity contribution in [1.29, 1.82) is 0 Å². The van der Waals surface area contributed by atoms with Crippen LogP contribution in [-0.4, -0.2) is 54.0 Å². The summed E-state index contributed by atoms with van der Waals surface area (Å²) in [4.78, 5) is 14.5. The first-order chi connectivity index (χ1) is 19.1. The molecule has 1 saturated heterocycles. The molecular weight excluding hydrogens is 510 g/mol. The Hall–Kier alpha value is -4.18. The van der Waals surface area contributed by atoms with Crippen LogP contribution in [0.3, 0.4) is 0 Å². The quantitative estimate of drug-likeness (QED) is 0.312. The summed E-state index contributed by atoms with van der Waals surface area (Å²) in [7, 11) is -3.66. The number of morpholine rings is 1. The van der Waals surface area contributed by atoms with Crippen LogP contribution in [0.5, 0.6) is 0 Å². The lowest BCUT2D eigenvalue weighted by Crippen LogP contribution is -2.40. The predicted molar refractivity (Wildman–Crippen MR) is 152 cm³/mol. The summed E-state index contributed by atoms with van der Waals surface area (Å²) in [6.07, 6.45) is 1.76. The van der Waals surface area contributed by atoms with Crippen LogP contribution in [0.2, 0.25) is 0 Å². The van der Waals surface area contributed by atoms with Gasteiger partial charge in [0, 0.05) is 24.8 Å². The van der Waals surface area contributed by atoms with Gasteiger partial charge >= 0.3 is 0 Å². The molecule has 1 fully saturated rings. The molecule has 39 heavy (non-hydrogen) atoms. The second-order valence-corrected chi connectivity index (χ2v) is 11.1. The van der Waals surface area contributed by atoms with Crippen molar-refractivity contribution in [3.05, 3.63) is 103 Å². The molecule has 3 aromatic carbocycles. The van der Waals surface area contributed by atoms with Crippen molar-refractivity contribution in [2.24, 2.45) is 0 Å². The van der Waals surface area contributed by atoms with Gasteiger partial charge in [-0.05, 0) is 41.5 Å². The molecule has 6 rings (SSSR count). The number of sulfonamides is 1. The van der Waals surface area contributed by atoms with Crippen LogP contribution >= 0.6 is 0 Å². The van der Waals surface area contributed by atoms with Crippen molar-refractivity contribution in [1.82, 2.24) is 19.3 Å². The van der Waals surface area contributed by atoms with E-state index in [4.69, 9.17) is 14.7 Å². The Bertz CT molecular complexity index is 1710. The summed E-state index contributed by atoms with van der Waals surface area (Å²) in [6, 6.07) is 28.7. The zero-order valence-electron chi connectivity index (χ0n) is 21.2. The highest BCUT2D eigenvalue weighted by molar-refractivity contribution is 7.89. The minimum atomic E-state index is -3.66. The molecule has 0 atom stereocenters. The average molecular weight is 538 g/mol. The molecule has 8 nitrogen and oxygen atoms in total. The van der Waals surface area contributed by atoms with Gasteiger partial charge in [-0.2, -0.15) is 4.31 Å². The summed E-state index contributed by atoms with van der Waals surface area (Å²) in [5.41, 5.74) is 4.32. The maximum absolute atomic E-state index is 13.3. The summed E-state index contributed by atoms with van der Waals surface area (Å²) < 4.78 is 33.4. The summed E-state index contributed by atoms with van der Waals surface area (Å²) >= 11 is 0. The number of anilines is 1. The molecule has 0 spiro atoms. The van der Waals surface area contributed by atoms with Gasteiger partial charge in [0.15, 0.2) is 5.82 Å². The van der Waals surface area contributed by atoms with Crippen molar-refractivity contribution in [3.63, 3.8) is 0 Å². The number of ether oxygens (including phenoxy) is 1. The smallest absolute Gasteiger partial charge is 0.243 e. The largest absolute Gasteiger partial charge is 0.379 e. The molecule has 3 heterocycles. The monoisotopic (exact) mass is 537 g/mol. The highest BCUT2D eigenvalue weighted by Gasteiger charge is 2.27. The number of fused-ring (bicyclic) bond motifs is 1. The van der Waals surface area contributed by atoms with Crippen LogP contribution in [0.1, 0.15) is 5.69 Å². The van der Waals surface area contributed by atoms with Crippen LogP contribution < -0.4 is 5.32 Å². The van der Waals surface area contributed by atoms with Crippen LogP contribution in [0.4, 0.5) is 5.82 Å². The van der Waals surface area contributed by atoms with Gasteiger partial charge in [-0.3, -0.25) is 4.98 Å². The topological polar surface area (TPSA) is 97.3 Å². The minimum absolute atomic E-state index is 0.214. The van der Waals surface area contributed by atoms with Gasteiger partial charge in [0.1, 0.15) is 5.82 Å². The SMILES string of the molecule is O=S(=O)(c1cccc(-c2nc(NCc3ccccn3)c3c(-c4ccccc4)cccc3n2)c1)N1CCOCC1. The Kier molecular flexibility index (Phi) is 7.02. The fourth-order valence-electron chi connectivity index (χ4n) is 4.71. The molecule has 1 aliphatic heterocycles. The summed E-state index contributed by atoms with van der Waals surface area (Å²) in [5.74, 6) is 1.09. The van der Waals surface area contributed by atoms with Gasteiger partial charge in [-0.15, -0.1) is 0 Å². The van der Waals surface area contributed by atoms with Gasteiger partial charge in [0.25, 0.3) is 0 Å². The Morgan fingerprint density at radius 2 is 1.59 bits per heavy atom. The van der Waals surface area contributed by atoms with Crippen LogP contribution in [-0.2, 0) is 21.3 Å². The van der Waals surface area contributed by atoms with Gasteiger partial charge in [0.05, 0.1) is 41.3 Å². The van der Waals surface area contributed by atoms with Crippen molar-refractivity contribution in [2.45, 2.75) is 11.4 Å². The fraction of sp³-hybridized carbons (Fsp3) is 0.167. The molecule has 9 heteroatoms. The molecule has 1 N–H and O–H groups in total. The van der Waals surface area contributed by atoms with Crippen LogP contribution in [0, 0.1) is 0 Å².